The zero-order valence-electron chi connectivity index (χ0n) is 16.0. The molecule has 0 bridgehead atoms. The van der Waals surface area contributed by atoms with Crippen LogP contribution in [0.5, 0.6) is 0 Å². The molecule has 1 aromatic carbocycles. The minimum absolute atomic E-state index is 0.0413. The third-order valence-corrected chi connectivity index (χ3v) is 3.60. The number of hydrogen-bond acceptors (Lipinski definition) is 7. The number of Topliss-reactive ketones (excluding diaryl/α,β-unsaturated/α-hetero) is 1. The highest BCUT2D eigenvalue weighted by Crippen LogP contribution is 2.06. The molecule has 150 valence electrons. The summed E-state index contributed by atoms with van der Waals surface area (Å²) in [4.78, 5) is 33.8. The van der Waals surface area contributed by atoms with Crippen LogP contribution in [0.1, 0.15) is 42.6 Å². The first-order valence-corrected chi connectivity index (χ1v) is 9.09. The molecule has 0 unspecified atom stereocenters. The van der Waals surface area contributed by atoms with E-state index in [2.05, 4.69) is 6.92 Å². The number of hydrogen-bond donors (Lipinski definition) is 0. The van der Waals surface area contributed by atoms with E-state index in [0.29, 0.717) is 18.8 Å². The minimum atomic E-state index is -0.406. The van der Waals surface area contributed by atoms with E-state index < -0.39 is 5.97 Å². The second-order valence-corrected chi connectivity index (χ2v) is 5.83. The first kappa shape index (κ1) is 22.8. The molecular weight excluding hydrogens is 352 g/mol. The molecular formula is C20H28O7. The maximum absolute atomic E-state index is 11.8. The van der Waals surface area contributed by atoms with E-state index in [1.165, 1.54) is 12.5 Å². The average Bonchev–Trinajstić information content (AvgIpc) is 2.67. The fraction of sp³-hybridized carbons (Fsp3) is 0.550. The Morgan fingerprint density at radius 2 is 1.33 bits per heavy atom. The van der Waals surface area contributed by atoms with Crippen LogP contribution in [-0.2, 0) is 35.0 Å². The Morgan fingerprint density at radius 1 is 0.778 bits per heavy atom. The van der Waals surface area contributed by atoms with Gasteiger partial charge in [-0.3, -0.25) is 4.79 Å². The number of aryl methyl sites for hydroxylation is 1. The van der Waals surface area contributed by atoms with Crippen LogP contribution in [0.25, 0.3) is 0 Å². The smallest absolute Gasteiger partial charge is 0.338 e. The Bertz CT molecular complexity index is 580. The summed E-state index contributed by atoms with van der Waals surface area (Å²) in [6, 6.07) is 7.32. The number of rotatable bonds is 14. The summed E-state index contributed by atoms with van der Waals surface area (Å²) in [6.07, 6.45) is 1.22. The minimum Gasteiger partial charge on any atom is -0.463 e. The molecule has 0 aliphatic rings. The lowest BCUT2D eigenvalue weighted by Crippen LogP contribution is -2.15. The zero-order chi connectivity index (χ0) is 19.9. The Balaban J connectivity index is 1.94. The molecule has 0 N–H and O–H groups in total. The summed E-state index contributed by atoms with van der Waals surface area (Å²) >= 11 is 0. The van der Waals surface area contributed by atoms with Crippen molar-refractivity contribution in [3.8, 4) is 0 Å². The number of ketones is 1. The molecule has 0 aromatic heterocycles. The van der Waals surface area contributed by atoms with Gasteiger partial charge in [-0.1, -0.05) is 19.1 Å². The monoisotopic (exact) mass is 380 g/mol. The summed E-state index contributed by atoms with van der Waals surface area (Å²) < 4.78 is 20.6. The van der Waals surface area contributed by atoms with E-state index in [4.69, 9.17) is 18.9 Å². The standard InChI is InChI=1S/C20H28O7/c1-3-17-5-7-18(8-6-17)20(23)27-15-13-25-11-10-24-12-14-26-19(22)9-4-16(2)21/h5-8H,3-4,9-15H2,1-2H3. The van der Waals surface area contributed by atoms with Gasteiger partial charge in [0.1, 0.15) is 19.0 Å². The van der Waals surface area contributed by atoms with Crippen molar-refractivity contribution in [3.05, 3.63) is 35.4 Å². The van der Waals surface area contributed by atoms with Crippen molar-refractivity contribution < 1.29 is 33.3 Å². The topological polar surface area (TPSA) is 88.1 Å². The van der Waals surface area contributed by atoms with E-state index in [0.717, 1.165) is 6.42 Å². The highest BCUT2D eigenvalue weighted by Gasteiger charge is 2.06. The molecule has 0 aliphatic heterocycles. The second-order valence-electron chi connectivity index (χ2n) is 5.83. The molecule has 0 saturated heterocycles. The van der Waals surface area contributed by atoms with Crippen molar-refractivity contribution in [3.63, 3.8) is 0 Å². The van der Waals surface area contributed by atoms with Gasteiger partial charge in [0.25, 0.3) is 0 Å². The maximum atomic E-state index is 11.8. The van der Waals surface area contributed by atoms with Gasteiger partial charge in [0, 0.05) is 6.42 Å². The van der Waals surface area contributed by atoms with Crippen molar-refractivity contribution >= 4 is 17.7 Å². The Labute approximate surface area is 159 Å². The average molecular weight is 380 g/mol. The van der Waals surface area contributed by atoms with Crippen LogP contribution >= 0.6 is 0 Å². The molecule has 0 fully saturated rings. The van der Waals surface area contributed by atoms with E-state index in [1.54, 1.807) is 12.1 Å². The fourth-order valence-electron chi connectivity index (χ4n) is 2.04. The van der Waals surface area contributed by atoms with Crippen LogP contribution in [0.4, 0.5) is 0 Å². The highest BCUT2D eigenvalue weighted by molar-refractivity contribution is 5.89. The predicted molar refractivity (Wildman–Crippen MR) is 98.6 cm³/mol. The Kier molecular flexibility index (Phi) is 11.7. The van der Waals surface area contributed by atoms with Crippen LogP contribution in [-0.4, -0.2) is 57.4 Å². The molecule has 0 atom stereocenters. The van der Waals surface area contributed by atoms with Crippen LogP contribution in [0, 0.1) is 0 Å². The van der Waals surface area contributed by atoms with Gasteiger partial charge in [-0.15, -0.1) is 0 Å². The maximum Gasteiger partial charge on any atom is 0.338 e. The van der Waals surface area contributed by atoms with Crippen LogP contribution in [0.2, 0.25) is 0 Å². The van der Waals surface area contributed by atoms with Crippen molar-refractivity contribution in [1.29, 1.82) is 0 Å². The van der Waals surface area contributed by atoms with Gasteiger partial charge in [-0.05, 0) is 31.0 Å². The molecule has 0 radical (unpaired) electrons. The molecule has 7 nitrogen and oxygen atoms in total. The van der Waals surface area contributed by atoms with Gasteiger partial charge in [-0.25, -0.2) is 4.79 Å². The van der Waals surface area contributed by atoms with Crippen molar-refractivity contribution in [2.75, 3.05) is 39.6 Å². The molecule has 0 aliphatic carbocycles. The molecule has 7 heteroatoms. The van der Waals surface area contributed by atoms with Gasteiger partial charge in [0.2, 0.25) is 0 Å². The van der Waals surface area contributed by atoms with Crippen molar-refractivity contribution in [2.45, 2.75) is 33.1 Å². The number of benzene rings is 1. The van der Waals surface area contributed by atoms with Gasteiger partial charge >= 0.3 is 11.9 Å². The predicted octanol–water partition coefficient (Wildman–Crippen LogP) is 2.35. The molecule has 0 heterocycles. The number of carbonyl (C=O) groups excluding carboxylic acids is 3. The first-order valence-electron chi connectivity index (χ1n) is 9.09. The van der Waals surface area contributed by atoms with Gasteiger partial charge in [-0.2, -0.15) is 0 Å². The highest BCUT2D eigenvalue weighted by atomic mass is 16.6. The summed E-state index contributed by atoms with van der Waals surface area (Å²) in [7, 11) is 0. The van der Waals surface area contributed by atoms with E-state index in [9.17, 15) is 14.4 Å². The quantitative estimate of drug-likeness (QED) is 0.362. The first-order chi connectivity index (χ1) is 13.0. The molecule has 1 aromatic rings. The SMILES string of the molecule is CCc1ccc(C(=O)OCCOCCOCCOC(=O)CCC(C)=O)cc1. The number of ether oxygens (including phenoxy) is 4. The molecule has 0 amide bonds. The van der Waals surface area contributed by atoms with Gasteiger partial charge < -0.3 is 23.7 Å². The van der Waals surface area contributed by atoms with Crippen LogP contribution in [0.3, 0.4) is 0 Å². The summed E-state index contributed by atoms with van der Waals surface area (Å²) in [5.74, 6) is -0.819. The molecule has 0 spiro atoms. The third kappa shape index (κ3) is 11.1. The van der Waals surface area contributed by atoms with E-state index in [-0.39, 0.29) is 51.0 Å². The van der Waals surface area contributed by atoms with E-state index in [1.807, 2.05) is 12.1 Å². The molecule has 0 saturated carbocycles. The largest absolute Gasteiger partial charge is 0.463 e. The Morgan fingerprint density at radius 3 is 1.89 bits per heavy atom. The normalized spacial score (nSPS) is 10.4. The number of carbonyl (C=O) groups is 3. The molecule has 27 heavy (non-hydrogen) atoms. The summed E-state index contributed by atoms with van der Waals surface area (Å²) in [5.41, 5.74) is 1.69. The lowest BCUT2D eigenvalue weighted by Gasteiger charge is -2.08. The lowest BCUT2D eigenvalue weighted by atomic mass is 10.1. The summed E-state index contributed by atoms with van der Waals surface area (Å²) in [5, 5.41) is 0. The fourth-order valence-corrected chi connectivity index (χ4v) is 2.04. The van der Waals surface area contributed by atoms with Crippen molar-refractivity contribution in [2.24, 2.45) is 0 Å². The Hall–Kier alpha value is -2.25. The number of esters is 2. The lowest BCUT2D eigenvalue weighted by molar-refractivity contribution is -0.146. The second kappa shape index (κ2) is 13.9. The van der Waals surface area contributed by atoms with Crippen molar-refractivity contribution in [1.82, 2.24) is 0 Å². The molecule has 1 rings (SSSR count). The third-order valence-electron chi connectivity index (χ3n) is 3.60. The van der Waals surface area contributed by atoms with Crippen LogP contribution in [0.15, 0.2) is 24.3 Å². The van der Waals surface area contributed by atoms with E-state index >= 15 is 0 Å². The summed E-state index contributed by atoms with van der Waals surface area (Å²) in [6.45, 7) is 5.03. The van der Waals surface area contributed by atoms with Gasteiger partial charge in [0.15, 0.2) is 0 Å². The van der Waals surface area contributed by atoms with Crippen LogP contribution < -0.4 is 0 Å². The zero-order valence-corrected chi connectivity index (χ0v) is 16.0. The van der Waals surface area contributed by atoms with Gasteiger partial charge in [0.05, 0.1) is 38.4 Å².